The van der Waals surface area contributed by atoms with E-state index in [1.54, 1.807) is 26.4 Å². The Morgan fingerprint density at radius 3 is 1.64 bits per heavy atom. The topological polar surface area (TPSA) is 35.8 Å². The third-order valence-electron chi connectivity index (χ3n) is 10.1. The second kappa shape index (κ2) is 15.0. The molecule has 0 unspecified atom stereocenters. The van der Waals surface area contributed by atoms with Gasteiger partial charge in [-0.2, -0.15) is 0 Å². The largest absolute Gasteiger partial charge is 0.678 e. The first-order valence-corrected chi connectivity index (χ1v) is 19.3. The second-order valence-corrected chi connectivity index (χ2v) is 16.8. The van der Waals surface area contributed by atoms with Gasteiger partial charge in [0.15, 0.2) is 0 Å². The molecule has 55 heavy (non-hydrogen) atoms. The molecular formula is C47H45BF2N2O2S. The first-order chi connectivity index (χ1) is 26.3. The van der Waals surface area contributed by atoms with Crippen molar-refractivity contribution in [3.63, 3.8) is 0 Å². The van der Waals surface area contributed by atoms with Gasteiger partial charge in [0.05, 0.1) is 31.3 Å². The molecule has 1 aliphatic rings. The van der Waals surface area contributed by atoms with Crippen molar-refractivity contribution in [1.29, 1.82) is 0 Å². The molecule has 0 saturated heterocycles. The summed E-state index contributed by atoms with van der Waals surface area (Å²) in [5.74, 6) is 1.39. The van der Waals surface area contributed by atoms with Gasteiger partial charge >= 0.3 is 7.40 Å². The third-order valence-corrected chi connectivity index (χ3v) is 11.0. The maximum atomic E-state index is 16.0. The molecule has 0 spiro atoms. The van der Waals surface area contributed by atoms with E-state index < -0.39 is 7.40 Å². The van der Waals surface area contributed by atoms with E-state index in [4.69, 9.17) is 14.5 Å². The molecule has 6 aromatic rings. The summed E-state index contributed by atoms with van der Waals surface area (Å²) in [6.07, 6.45) is 2.08. The van der Waals surface area contributed by atoms with Crippen molar-refractivity contribution in [3.8, 4) is 33.9 Å². The fourth-order valence-corrected chi connectivity index (χ4v) is 7.76. The van der Waals surface area contributed by atoms with Gasteiger partial charge in [-0.15, -0.1) is 11.3 Å². The van der Waals surface area contributed by atoms with Crippen LogP contribution in [0.15, 0.2) is 137 Å². The number of rotatable bonds is 9. The summed E-state index contributed by atoms with van der Waals surface area (Å²) in [5, 5.41) is 1.98. The van der Waals surface area contributed by atoms with Crippen LogP contribution in [-0.4, -0.2) is 31.8 Å². The van der Waals surface area contributed by atoms with Crippen molar-refractivity contribution in [1.82, 2.24) is 4.48 Å². The molecule has 0 radical (unpaired) electrons. The summed E-state index contributed by atoms with van der Waals surface area (Å²) in [4.78, 5) is 6.19. The zero-order valence-corrected chi connectivity index (χ0v) is 33.4. The molecule has 278 valence electrons. The van der Waals surface area contributed by atoms with Crippen LogP contribution in [0.2, 0.25) is 0 Å². The number of hydrogen-bond acceptors (Lipinski definition) is 4. The smallest absolute Gasteiger partial charge is 0.497 e. The molecule has 2 aromatic heterocycles. The van der Waals surface area contributed by atoms with Crippen molar-refractivity contribution >= 4 is 35.6 Å². The molecule has 0 fully saturated rings. The lowest BCUT2D eigenvalue weighted by atomic mass is 9.85. The number of hydrogen-bond donors (Lipinski definition) is 0. The minimum atomic E-state index is -2.87. The van der Waals surface area contributed by atoms with Crippen molar-refractivity contribution in [2.24, 2.45) is 4.99 Å². The number of benzene rings is 4. The van der Waals surface area contributed by atoms with Gasteiger partial charge in [0.2, 0.25) is 0 Å². The average molecular weight is 751 g/mol. The van der Waals surface area contributed by atoms with E-state index in [1.807, 2.05) is 72.1 Å². The molecule has 1 aliphatic heterocycles. The summed E-state index contributed by atoms with van der Waals surface area (Å²) in [6.45, 7) is 13.1. The summed E-state index contributed by atoms with van der Waals surface area (Å²) in [6, 6.07) is 37.7. The molecule has 0 N–H and O–H groups in total. The highest BCUT2D eigenvalue weighted by Gasteiger charge is 2.34. The number of allylic oxidation sites excluding steroid dienone is 2. The number of nitrogens with zero attached hydrogens (tertiary/aromatic N) is 2. The quantitative estimate of drug-likeness (QED) is 0.138. The Balaban J connectivity index is 1.57. The summed E-state index contributed by atoms with van der Waals surface area (Å²) in [5.41, 5.74) is 9.93. The molecule has 0 amide bonds. The zero-order valence-electron chi connectivity index (χ0n) is 32.6. The molecule has 0 bridgehead atoms. The van der Waals surface area contributed by atoms with Gasteiger partial charge < -0.3 is 14.0 Å². The second-order valence-electron chi connectivity index (χ2n) is 15.8. The predicted octanol–water partition coefficient (Wildman–Crippen LogP) is 12.6. The Labute approximate surface area is 327 Å². The Morgan fingerprint density at radius 1 is 0.655 bits per heavy atom. The Kier molecular flexibility index (Phi) is 10.3. The molecule has 3 heterocycles. The van der Waals surface area contributed by atoms with E-state index in [1.165, 1.54) is 21.4 Å². The van der Waals surface area contributed by atoms with Crippen molar-refractivity contribution in [3.05, 3.63) is 165 Å². The van der Waals surface area contributed by atoms with Crippen molar-refractivity contribution in [2.75, 3.05) is 14.2 Å². The first-order valence-electron chi connectivity index (χ1n) is 18.4. The molecule has 0 saturated carbocycles. The molecule has 8 heteroatoms. The Bertz CT molecular complexity index is 2390. The van der Waals surface area contributed by atoms with Crippen LogP contribution < -0.4 is 9.47 Å². The normalized spacial score (nSPS) is 14.1. The van der Waals surface area contributed by atoms with E-state index in [9.17, 15) is 0 Å². The summed E-state index contributed by atoms with van der Waals surface area (Å²) in [7, 11) is 0.371. The monoisotopic (exact) mass is 750 g/mol. The van der Waals surface area contributed by atoms with Crippen LogP contribution in [0.5, 0.6) is 11.5 Å². The standard InChI is InChI=1S/C47H45BF2N2O2S/c1-46(2,3)34-19-11-30(12-20-34)38-28-40(32-15-23-36(53-7)24-16-32)51-44(38)43(42-10-9-27-55-42)45-39(31-13-21-35(22-14-31)47(4,5)6)29-41(52(45)48(49)50)33-17-25-37(54-8)26-18-33/h9-29H,1-8H3/b44-43-. The van der Waals surface area contributed by atoms with Gasteiger partial charge in [-0.25, -0.2) is 4.99 Å². The number of thiophene rings is 1. The Morgan fingerprint density at radius 2 is 1.16 bits per heavy atom. The number of methoxy groups -OCH3 is 2. The fraction of sp³-hybridized carbons (Fsp3) is 0.213. The van der Waals surface area contributed by atoms with Crippen LogP contribution >= 0.6 is 11.3 Å². The van der Waals surface area contributed by atoms with Crippen LogP contribution in [0, 0.1) is 0 Å². The minimum Gasteiger partial charge on any atom is -0.497 e. The molecule has 4 nitrogen and oxygen atoms in total. The molecule has 7 rings (SSSR count). The number of ether oxygens (including phenoxy) is 2. The van der Waals surface area contributed by atoms with E-state index in [0.717, 1.165) is 44.2 Å². The highest BCUT2D eigenvalue weighted by molar-refractivity contribution is 7.11. The van der Waals surface area contributed by atoms with E-state index >= 15 is 8.63 Å². The molecule has 0 atom stereocenters. The zero-order chi connectivity index (χ0) is 39.1. The van der Waals surface area contributed by atoms with Gasteiger partial charge in [0.1, 0.15) is 11.5 Å². The van der Waals surface area contributed by atoms with E-state index in [0.29, 0.717) is 39.5 Å². The lowest BCUT2D eigenvalue weighted by molar-refractivity contribution is 0.414. The highest BCUT2D eigenvalue weighted by atomic mass is 32.1. The highest BCUT2D eigenvalue weighted by Crippen LogP contribution is 2.47. The summed E-state index contributed by atoms with van der Waals surface area (Å²) < 4.78 is 44.1. The van der Waals surface area contributed by atoms with Gasteiger partial charge in [0.25, 0.3) is 0 Å². The van der Waals surface area contributed by atoms with Crippen LogP contribution in [0.25, 0.3) is 33.5 Å². The maximum absolute atomic E-state index is 16.0. The van der Waals surface area contributed by atoms with E-state index in [2.05, 4.69) is 84.0 Å². The van der Waals surface area contributed by atoms with Gasteiger partial charge in [-0.3, -0.25) is 8.63 Å². The third kappa shape index (κ3) is 7.61. The maximum Gasteiger partial charge on any atom is 0.678 e. The average Bonchev–Trinajstić information content (AvgIpc) is 3.95. The molecule has 0 aliphatic carbocycles. The van der Waals surface area contributed by atoms with Crippen LogP contribution in [0.4, 0.5) is 8.63 Å². The lowest BCUT2D eigenvalue weighted by Gasteiger charge is -2.21. The van der Waals surface area contributed by atoms with Gasteiger partial charge in [0, 0.05) is 32.8 Å². The van der Waals surface area contributed by atoms with E-state index in [-0.39, 0.29) is 10.8 Å². The Hall–Kier alpha value is -5.47. The van der Waals surface area contributed by atoms with Crippen LogP contribution in [0.1, 0.15) is 74.4 Å². The predicted molar refractivity (Wildman–Crippen MR) is 227 cm³/mol. The number of aliphatic imine (C=N–C) groups is 1. The van der Waals surface area contributed by atoms with Crippen molar-refractivity contribution < 1.29 is 18.1 Å². The SMILES string of the molecule is COc1ccc(C2=N/C(=C(/c3cccs3)c3c(-c4ccc(C(C)(C)C)cc4)cc(-c4ccc(OC)cc4)n3B(F)F)C(c3ccc(C(C)(C)C)cc3)=C2)cc1. The van der Waals surface area contributed by atoms with Crippen LogP contribution in [0.3, 0.4) is 0 Å². The molecule has 4 aromatic carbocycles. The lowest BCUT2D eigenvalue weighted by Crippen LogP contribution is -2.18. The minimum absolute atomic E-state index is 0.0401. The number of aromatic nitrogens is 1. The van der Waals surface area contributed by atoms with Crippen molar-refractivity contribution in [2.45, 2.75) is 52.4 Å². The first kappa shape index (κ1) is 37.8. The molecular weight excluding hydrogens is 705 g/mol. The number of halogens is 2. The fourth-order valence-electron chi connectivity index (χ4n) is 6.99. The van der Waals surface area contributed by atoms with Gasteiger partial charge in [-0.05, 0) is 111 Å². The van der Waals surface area contributed by atoms with Gasteiger partial charge in [-0.1, -0.05) is 96.1 Å². The van der Waals surface area contributed by atoms with Crippen LogP contribution in [-0.2, 0) is 10.8 Å². The summed E-state index contributed by atoms with van der Waals surface area (Å²) >= 11 is 1.51.